The quantitative estimate of drug-likeness (QED) is 0.775. The molecule has 0 radical (unpaired) electrons. The third kappa shape index (κ3) is 3.76. The number of carbonyl (C=O) groups is 3. The van der Waals surface area contributed by atoms with Crippen LogP contribution in [0.4, 0.5) is 5.69 Å². The summed E-state index contributed by atoms with van der Waals surface area (Å²) >= 11 is 1.58. The van der Waals surface area contributed by atoms with Gasteiger partial charge in [0.25, 0.3) is 11.8 Å². The number of anilines is 1. The lowest BCUT2D eigenvalue weighted by atomic mass is 10.1. The van der Waals surface area contributed by atoms with Crippen LogP contribution in [0.25, 0.3) is 0 Å². The lowest BCUT2D eigenvalue weighted by Crippen LogP contribution is -2.47. The van der Waals surface area contributed by atoms with E-state index < -0.39 is 17.9 Å². The van der Waals surface area contributed by atoms with Crippen molar-refractivity contribution in [3.63, 3.8) is 0 Å². The highest BCUT2D eigenvalue weighted by Crippen LogP contribution is 2.27. The Bertz CT molecular complexity index is 875. The van der Waals surface area contributed by atoms with E-state index in [0.717, 1.165) is 16.0 Å². The second kappa shape index (κ2) is 7.96. The van der Waals surface area contributed by atoms with E-state index >= 15 is 0 Å². The van der Waals surface area contributed by atoms with Gasteiger partial charge < -0.3 is 5.32 Å². The highest BCUT2D eigenvalue weighted by Gasteiger charge is 2.42. The van der Waals surface area contributed by atoms with Crippen LogP contribution >= 0.6 is 11.8 Å². The van der Waals surface area contributed by atoms with E-state index in [0.29, 0.717) is 29.0 Å². The minimum absolute atomic E-state index is 0.341. The summed E-state index contributed by atoms with van der Waals surface area (Å²) in [6.45, 7) is 3.86. The molecule has 1 aliphatic heterocycles. The highest BCUT2D eigenvalue weighted by atomic mass is 32.2. The zero-order chi connectivity index (χ0) is 19.6. The maximum Gasteiger partial charge on any atom is 0.262 e. The molecule has 2 aromatic carbocycles. The van der Waals surface area contributed by atoms with Crippen molar-refractivity contribution in [2.24, 2.45) is 0 Å². The van der Waals surface area contributed by atoms with Crippen molar-refractivity contribution < 1.29 is 14.4 Å². The molecule has 1 N–H and O–H groups in total. The van der Waals surface area contributed by atoms with Crippen LogP contribution in [0.1, 0.15) is 38.3 Å². The van der Waals surface area contributed by atoms with Gasteiger partial charge in [-0.05, 0) is 61.6 Å². The molecule has 0 spiro atoms. The van der Waals surface area contributed by atoms with Gasteiger partial charge in [-0.25, -0.2) is 0 Å². The Labute approximate surface area is 163 Å². The van der Waals surface area contributed by atoms with Crippen LogP contribution < -0.4 is 5.32 Å². The summed E-state index contributed by atoms with van der Waals surface area (Å²) in [5.74, 6) is -0.485. The predicted molar refractivity (Wildman–Crippen MR) is 108 cm³/mol. The zero-order valence-electron chi connectivity index (χ0n) is 15.6. The van der Waals surface area contributed by atoms with E-state index in [9.17, 15) is 14.4 Å². The van der Waals surface area contributed by atoms with E-state index in [1.165, 1.54) is 0 Å². The number of carbonyl (C=O) groups excluding carboxylic acids is 3. The number of imide groups is 1. The number of rotatable bonds is 6. The third-order valence-corrected chi connectivity index (χ3v) is 5.33. The van der Waals surface area contributed by atoms with Crippen molar-refractivity contribution in [2.45, 2.75) is 26.3 Å². The zero-order valence-corrected chi connectivity index (χ0v) is 16.4. The number of amides is 3. The molecule has 2 aromatic rings. The standard InChI is InChI=1S/C21H22N2O3S/c1-13-8-9-14(2)17(12-13)22-19(24)18(10-11-27-3)23-20(25)15-6-4-5-7-16(15)21(23)26/h4-9,12,18H,10-11H2,1-3H3,(H,22,24)/t18-/m1/s1. The normalized spacial score (nSPS) is 14.3. The molecule has 140 valence electrons. The van der Waals surface area contributed by atoms with Crippen LogP contribution in [-0.2, 0) is 4.79 Å². The summed E-state index contributed by atoms with van der Waals surface area (Å²) in [5, 5.41) is 2.91. The minimum atomic E-state index is -0.843. The first-order valence-electron chi connectivity index (χ1n) is 8.78. The maximum atomic E-state index is 13.0. The van der Waals surface area contributed by atoms with Gasteiger partial charge in [0.1, 0.15) is 6.04 Å². The van der Waals surface area contributed by atoms with Gasteiger partial charge in [0.2, 0.25) is 5.91 Å². The molecule has 0 aromatic heterocycles. The molecular weight excluding hydrogens is 360 g/mol. The first-order valence-corrected chi connectivity index (χ1v) is 10.2. The van der Waals surface area contributed by atoms with E-state index in [2.05, 4.69) is 5.32 Å². The number of fused-ring (bicyclic) bond motifs is 1. The summed E-state index contributed by atoms with van der Waals surface area (Å²) < 4.78 is 0. The predicted octanol–water partition coefficient (Wildman–Crippen LogP) is 3.66. The van der Waals surface area contributed by atoms with Gasteiger partial charge in [0.05, 0.1) is 11.1 Å². The van der Waals surface area contributed by atoms with Gasteiger partial charge in [0.15, 0.2) is 0 Å². The molecule has 1 atom stereocenters. The molecule has 0 saturated carbocycles. The molecule has 1 heterocycles. The molecule has 6 heteroatoms. The Morgan fingerprint density at radius 3 is 2.30 bits per heavy atom. The highest BCUT2D eigenvalue weighted by molar-refractivity contribution is 7.98. The minimum Gasteiger partial charge on any atom is -0.324 e. The first kappa shape index (κ1) is 19.2. The summed E-state index contributed by atoms with van der Waals surface area (Å²) in [6, 6.07) is 11.7. The van der Waals surface area contributed by atoms with Crippen molar-refractivity contribution in [1.29, 1.82) is 0 Å². The van der Waals surface area contributed by atoms with Crippen molar-refractivity contribution in [3.05, 3.63) is 64.7 Å². The van der Waals surface area contributed by atoms with Crippen LogP contribution in [0.2, 0.25) is 0 Å². The summed E-state index contributed by atoms with van der Waals surface area (Å²) in [6.07, 6.45) is 2.34. The molecule has 1 aliphatic rings. The van der Waals surface area contributed by atoms with Crippen LogP contribution in [0.5, 0.6) is 0 Å². The molecule has 0 aliphatic carbocycles. The van der Waals surface area contributed by atoms with E-state index in [1.807, 2.05) is 38.3 Å². The fourth-order valence-corrected chi connectivity index (χ4v) is 3.64. The first-order chi connectivity index (χ1) is 12.9. The van der Waals surface area contributed by atoms with Crippen LogP contribution in [0.15, 0.2) is 42.5 Å². The lowest BCUT2D eigenvalue weighted by Gasteiger charge is -2.25. The Hall–Kier alpha value is -2.60. The van der Waals surface area contributed by atoms with Gasteiger partial charge in [-0.3, -0.25) is 19.3 Å². The molecular formula is C21H22N2O3S. The van der Waals surface area contributed by atoms with Gasteiger partial charge >= 0.3 is 0 Å². The number of aryl methyl sites for hydroxylation is 2. The Balaban J connectivity index is 1.90. The second-order valence-corrected chi connectivity index (χ2v) is 7.62. The molecule has 0 unspecified atom stereocenters. The number of nitrogens with one attached hydrogen (secondary N) is 1. The number of hydrogen-bond donors (Lipinski definition) is 1. The second-order valence-electron chi connectivity index (χ2n) is 6.63. The topological polar surface area (TPSA) is 66.5 Å². The molecule has 3 rings (SSSR count). The van der Waals surface area contributed by atoms with Crippen LogP contribution in [0, 0.1) is 13.8 Å². The average Bonchev–Trinajstić information content (AvgIpc) is 2.90. The van der Waals surface area contributed by atoms with Gasteiger partial charge in [-0.1, -0.05) is 24.3 Å². The number of thioether (sulfide) groups is 1. The van der Waals surface area contributed by atoms with Crippen molar-refractivity contribution in [2.75, 3.05) is 17.3 Å². The largest absolute Gasteiger partial charge is 0.324 e. The van der Waals surface area contributed by atoms with Crippen molar-refractivity contribution in [1.82, 2.24) is 4.90 Å². The van der Waals surface area contributed by atoms with Crippen molar-refractivity contribution in [3.8, 4) is 0 Å². The SMILES string of the molecule is CSCC[C@H](C(=O)Nc1cc(C)ccc1C)N1C(=O)c2ccccc2C1=O. The maximum absolute atomic E-state index is 13.0. The summed E-state index contributed by atoms with van der Waals surface area (Å²) in [5.41, 5.74) is 3.37. The van der Waals surface area contributed by atoms with Crippen LogP contribution in [-0.4, -0.2) is 40.7 Å². The molecule has 27 heavy (non-hydrogen) atoms. The molecule has 0 fully saturated rings. The fraction of sp³-hybridized carbons (Fsp3) is 0.286. The third-order valence-electron chi connectivity index (χ3n) is 4.69. The fourth-order valence-electron chi connectivity index (χ4n) is 3.18. The van der Waals surface area contributed by atoms with Gasteiger partial charge in [-0.2, -0.15) is 11.8 Å². The molecule has 0 saturated heterocycles. The Morgan fingerprint density at radius 1 is 1.07 bits per heavy atom. The Kier molecular flexibility index (Phi) is 5.65. The number of hydrogen-bond acceptors (Lipinski definition) is 4. The Morgan fingerprint density at radius 2 is 1.70 bits per heavy atom. The molecule has 5 nitrogen and oxygen atoms in total. The average molecular weight is 382 g/mol. The van der Waals surface area contributed by atoms with E-state index in [-0.39, 0.29) is 5.91 Å². The van der Waals surface area contributed by atoms with E-state index in [1.54, 1.807) is 36.0 Å². The van der Waals surface area contributed by atoms with Gasteiger partial charge in [0, 0.05) is 5.69 Å². The summed E-state index contributed by atoms with van der Waals surface area (Å²) in [7, 11) is 0. The van der Waals surface area contributed by atoms with Crippen molar-refractivity contribution >= 4 is 35.2 Å². The lowest BCUT2D eigenvalue weighted by molar-refractivity contribution is -0.120. The van der Waals surface area contributed by atoms with Gasteiger partial charge in [-0.15, -0.1) is 0 Å². The number of nitrogens with zero attached hydrogens (tertiary/aromatic N) is 1. The van der Waals surface area contributed by atoms with E-state index in [4.69, 9.17) is 0 Å². The van der Waals surface area contributed by atoms with Crippen LogP contribution in [0.3, 0.4) is 0 Å². The number of benzene rings is 2. The molecule has 3 amide bonds. The monoisotopic (exact) mass is 382 g/mol. The molecule has 0 bridgehead atoms. The summed E-state index contributed by atoms with van der Waals surface area (Å²) in [4.78, 5) is 39.8. The smallest absolute Gasteiger partial charge is 0.262 e.